The zero-order valence-corrected chi connectivity index (χ0v) is 14.8. The number of hydrogen-bond donors (Lipinski definition) is 5. The topological polar surface area (TPSA) is 125 Å². The van der Waals surface area contributed by atoms with Crippen LogP contribution in [0.25, 0.3) is 10.9 Å². The number of nitrogens with one attached hydrogen (secondary N) is 4. The van der Waals surface area contributed by atoms with Gasteiger partial charge < -0.3 is 21.7 Å². The third kappa shape index (κ3) is 3.13. The predicted molar refractivity (Wildman–Crippen MR) is 103 cm³/mol. The van der Waals surface area contributed by atoms with Gasteiger partial charge in [0.2, 0.25) is 0 Å². The third-order valence-corrected chi connectivity index (χ3v) is 4.57. The molecule has 0 fully saturated rings. The molecule has 0 radical (unpaired) electrons. The number of allylic oxidation sites excluding steroid dienone is 1. The van der Waals surface area contributed by atoms with Crippen molar-refractivity contribution in [2.24, 2.45) is 0 Å². The van der Waals surface area contributed by atoms with Crippen LogP contribution in [0.2, 0.25) is 0 Å². The van der Waals surface area contributed by atoms with Gasteiger partial charge >= 0.3 is 6.03 Å². The van der Waals surface area contributed by atoms with Crippen LogP contribution in [0.5, 0.6) is 0 Å². The number of halogens is 1. The van der Waals surface area contributed by atoms with Gasteiger partial charge in [0.15, 0.2) is 5.82 Å². The quantitative estimate of drug-likeness (QED) is 0.479. The van der Waals surface area contributed by atoms with Crippen LogP contribution in [0.3, 0.4) is 0 Å². The monoisotopic (exact) mass is 380 g/mol. The summed E-state index contributed by atoms with van der Waals surface area (Å²) in [6, 6.07) is 9.67. The molecule has 8 nitrogen and oxygen atoms in total. The van der Waals surface area contributed by atoms with Crippen LogP contribution >= 0.6 is 0 Å². The van der Waals surface area contributed by atoms with Crippen molar-refractivity contribution in [3.8, 4) is 0 Å². The highest BCUT2D eigenvalue weighted by Crippen LogP contribution is 2.29. The average Bonchev–Trinajstić information content (AvgIpc) is 3.02. The van der Waals surface area contributed by atoms with Gasteiger partial charge in [-0.05, 0) is 42.8 Å². The van der Waals surface area contributed by atoms with Gasteiger partial charge in [-0.25, -0.2) is 9.18 Å². The highest BCUT2D eigenvalue weighted by molar-refractivity contribution is 6.07. The number of aromatic amines is 1. The SMILES string of the molecule is CC1=C(C(=O)Nc2ccc3[nH]nc(N)c3c2)C(c2ccc(F)cc2)NC(=O)N1. The Balaban J connectivity index is 1.67. The number of nitrogen functional groups attached to an aromatic ring is 1. The number of benzene rings is 2. The maximum atomic E-state index is 13.3. The van der Waals surface area contributed by atoms with E-state index >= 15 is 0 Å². The van der Waals surface area contributed by atoms with Crippen molar-refractivity contribution in [3.05, 3.63) is 65.1 Å². The number of aromatic nitrogens is 2. The van der Waals surface area contributed by atoms with Crippen LogP contribution in [0.15, 0.2) is 53.7 Å². The molecule has 28 heavy (non-hydrogen) atoms. The maximum absolute atomic E-state index is 13.3. The molecule has 0 bridgehead atoms. The number of fused-ring (bicyclic) bond motifs is 1. The lowest BCUT2D eigenvalue weighted by Crippen LogP contribution is -2.45. The molecule has 0 saturated heterocycles. The summed E-state index contributed by atoms with van der Waals surface area (Å²) in [7, 11) is 0. The molecule has 1 aliphatic rings. The van der Waals surface area contributed by atoms with Gasteiger partial charge in [0, 0.05) is 16.8 Å². The number of carbonyl (C=O) groups is 2. The number of amides is 3. The molecule has 2 aromatic carbocycles. The number of urea groups is 1. The highest BCUT2D eigenvalue weighted by atomic mass is 19.1. The van der Waals surface area contributed by atoms with Crippen LogP contribution in [0, 0.1) is 5.82 Å². The van der Waals surface area contributed by atoms with E-state index in [-0.39, 0.29) is 0 Å². The molecule has 0 saturated carbocycles. The second-order valence-electron chi connectivity index (χ2n) is 6.45. The zero-order chi connectivity index (χ0) is 19.8. The van der Waals surface area contributed by atoms with Crippen LogP contribution in [-0.4, -0.2) is 22.1 Å². The number of hydrogen-bond acceptors (Lipinski definition) is 4. The fourth-order valence-corrected chi connectivity index (χ4v) is 3.21. The van der Waals surface area contributed by atoms with Gasteiger partial charge in [-0.3, -0.25) is 9.89 Å². The number of nitrogens with zero attached hydrogens (tertiary/aromatic N) is 1. The Morgan fingerprint density at radius 3 is 2.71 bits per heavy atom. The van der Waals surface area contributed by atoms with Gasteiger partial charge in [-0.1, -0.05) is 12.1 Å². The summed E-state index contributed by atoms with van der Waals surface area (Å²) in [5.74, 6) is -0.472. The molecule has 1 aromatic heterocycles. The maximum Gasteiger partial charge on any atom is 0.319 e. The second kappa shape index (κ2) is 6.69. The molecule has 1 unspecified atom stereocenters. The van der Waals surface area contributed by atoms with E-state index in [1.165, 1.54) is 24.3 Å². The summed E-state index contributed by atoms with van der Waals surface area (Å²) in [6.45, 7) is 1.64. The first kappa shape index (κ1) is 17.5. The molecule has 3 amide bonds. The van der Waals surface area contributed by atoms with Crippen LogP contribution in [0.4, 0.5) is 20.7 Å². The zero-order valence-electron chi connectivity index (χ0n) is 14.8. The van der Waals surface area contributed by atoms with Crippen LogP contribution in [-0.2, 0) is 4.79 Å². The van der Waals surface area contributed by atoms with Crippen LogP contribution < -0.4 is 21.7 Å². The number of nitrogens with two attached hydrogens (primary N) is 1. The largest absolute Gasteiger partial charge is 0.382 e. The van der Waals surface area contributed by atoms with E-state index in [4.69, 9.17) is 5.73 Å². The van der Waals surface area contributed by atoms with Gasteiger partial charge in [-0.2, -0.15) is 5.10 Å². The van der Waals surface area contributed by atoms with Gasteiger partial charge in [0.25, 0.3) is 5.91 Å². The van der Waals surface area contributed by atoms with Gasteiger partial charge in [-0.15, -0.1) is 0 Å². The second-order valence-corrected chi connectivity index (χ2v) is 6.45. The Morgan fingerprint density at radius 2 is 1.96 bits per heavy atom. The Morgan fingerprint density at radius 1 is 1.21 bits per heavy atom. The number of carbonyl (C=O) groups excluding carboxylic acids is 2. The van der Waals surface area contributed by atoms with Crippen molar-refractivity contribution in [2.45, 2.75) is 13.0 Å². The van der Waals surface area contributed by atoms with Crippen molar-refractivity contribution in [3.63, 3.8) is 0 Å². The first-order chi connectivity index (χ1) is 13.4. The van der Waals surface area contributed by atoms with E-state index < -0.39 is 23.8 Å². The minimum Gasteiger partial charge on any atom is -0.382 e. The Hall–Kier alpha value is -3.88. The molecular formula is C19H17FN6O2. The molecule has 1 atom stereocenters. The van der Waals surface area contributed by atoms with E-state index in [1.54, 1.807) is 25.1 Å². The average molecular weight is 380 g/mol. The minimum atomic E-state index is -0.711. The molecule has 1 aliphatic heterocycles. The molecule has 3 aromatic rings. The van der Waals surface area contributed by atoms with Gasteiger partial charge in [0.05, 0.1) is 17.1 Å². The van der Waals surface area contributed by atoms with Crippen LogP contribution in [0.1, 0.15) is 18.5 Å². The Kier molecular flexibility index (Phi) is 4.19. The minimum absolute atomic E-state index is 0.325. The molecule has 0 aliphatic carbocycles. The molecular weight excluding hydrogens is 363 g/mol. The first-order valence-electron chi connectivity index (χ1n) is 8.51. The van der Waals surface area contributed by atoms with Crippen molar-refractivity contribution in [1.82, 2.24) is 20.8 Å². The van der Waals surface area contributed by atoms with Crippen molar-refractivity contribution in [1.29, 1.82) is 0 Å². The smallest absolute Gasteiger partial charge is 0.319 e. The Labute approximate surface area is 159 Å². The summed E-state index contributed by atoms with van der Waals surface area (Å²) in [4.78, 5) is 24.9. The molecule has 0 spiro atoms. The summed E-state index contributed by atoms with van der Waals surface area (Å²) in [5.41, 5.74) is 8.43. The lowest BCUT2D eigenvalue weighted by atomic mass is 9.95. The lowest BCUT2D eigenvalue weighted by Gasteiger charge is -2.28. The first-order valence-corrected chi connectivity index (χ1v) is 8.51. The van der Waals surface area contributed by atoms with E-state index in [2.05, 4.69) is 26.1 Å². The predicted octanol–water partition coefficient (Wildman–Crippen LogP) is 2.55. The third-order valence-electron chi connectivity index (χ3n) is 4.57. The van der Waals surface area contributed by atoms with Crippen molar-refractivity contribution in [2.75, 3.05) is 11.1 Å². The standard InChI is InChI=1S/C19H17FN6O2/c1-9-15(16(24-19(28)22-9)10-2-4-11(20)5-3-10)18(27)23-12-6-7-14-13(8-12)17(21)26-25-14/h2-8,16H,1H3,(H,23,27)(H3,21,25,26)(H2,22,24,28). The number of H-pyrrole nitrogens is 1. The number of rotatable bonds is 3. The fourth-order valence-electron chi connectivity index (χ4n) is 3.21. The molecule has 6 N–H and O–H groups in total. The van der Waals surface area contributed by atoms with Crippen molar-refractivity contribution < 1.29 is 14.0 Å². The summed E-state index contributed by atoms with van der Waals surface area (Å²) >= 11 is 0. The van der Waals surface area contributed by atoms with E-state index in [0.717, 1.165) is 5.52 Å². The lowest BCUT2D eigenvalue weighted by molar-refractivity contribution is -0.113. The van der Waals surface area contributed by atoms with Crippen molar-refractivity contribution >= 4 is 34.3 Å². The van der Waals surface area contributed by atoms with E-state index in [9.17, 15) is 14.0 Å². The normalized spacial score (nSPS) is 16.6. The van der Waals surface area contributed by atoms with E-state index in [1.807, 2.05) is 0 Å². The Bertz CT molecular complexity index is 1120. The molecule has 2 heterocycles. The van der Waals surface area contributed by atoms with Gasteiger partial charge in [0.1, 0.15) is 5.82 Å². The summed E-state index contributed by atoms with van der Waals surface area (Å²) in [6.07, 6.45) is 0. The number of anilines is 2. The highest BCUT2D eigenvalue weighted by Gasteiger charge is 2.31. The fraction of sp³-hybridized carbons (Fsp3) is 0.105. The van der Waals surface area contributed by atoms with E-state index in [0.29, 0.717) is 33.7 Å². The molecule has 142 valence electrons. The molecule has 9 heteroatoms. The molecule has 4 rings (SSSR count). The summed E-state index contributed by atoms with van der Waals surface area (Å²) < 4.78 is 13.3. The summed E-state index contributed by atoms with van der Waals surface area (Å²) in [5, 5.41) is 15.5.